The zero-order valence-electron chi connectivity index (χ0n) is 12.2. The molecule has 3 nitrogen and oxygen atoms in total. The fourth-order valence-electron chi connectivity index (χ4n) is 2.43. The van der Waals surface area contributed by atoms with Gasteiger partial charge in [-0.15, -0.1) is 0 Å². The fourth-order valence-corrected chi connectivity index (χ4v) is 5.08. The van der Waals surface area contributed by atoms with Crippen molar-refractivity contribution in [1.82, 2.24) is 4.98 Å². The third kappa shape index (κ3) is 2.56. The van der Waals surface area contributed by atoms with Crippen molar-refractivity contribution in [1.29, 1.82) is 0 Å². The first-order valence-electron chi connectivity index (χ1n) is 6.97. The molecular formula is C18H16NO2P. The van der Waals surface area contributed by atoms with E-state index in [2.05, 4.69) is 4.98 Å². The average molecular weight is 309 g/mol. The molecule has 1 heterocycles. The van der Waals surface area contributed by atoms with E-state index in [0.29, 0.717) is 5.88 Å². The molecule has 0 saturated heterocycles. The maximum Gasteiger partial charge on any atom is 0.213 e. The smallest absolute Gasteiger partial charge is 0.213 e. The van der Waals surface area contributed by atoms with E-state index in [4.69, 9.17) is 4.74 Å². The van der Waals surface area contributed by atoms with Gasteiger partial charge in [-0.2, -0.15) is 0 Å². The lowest BCUT2D eigenvalue weighted by Crippen LogP contribution is -2.25. The Morgan fingerprint density at radius 1 is 0.818 bits per heavy atom. The van der Waals surface area contributed by atoms with Crippen molar-refractivity contribution in [2.75, 3.05) is 7.11 Å². The molecule has 3 aromatic rings. The summed E-state index contributed by atoms with van der Waals surface area (Å²) in [4.78, 5) is 4.12. The molecule has 0 aliphatic heterocycles. The number of rotatable bonds is 4. The van der Waals surface area contributed by atoms with Gasteiger partial charge in [0.25, 0.3) is 0 Å². The summed E-state index contributed by atoms with van der Waals surface area (Å²) in [5, 5.41) is 2.32. The molecule has 0 bridgehead atoms. The van der Waals surface area contributed by atoms with Crippen LogP contribution >= 0.6 is 7.14 Å². The van der Waals surface area contributed by atoms with E-state index in [9.17, 15) is 4.57 Å². The van der Waals surface area contributed by atoms with Crippen LogP contribution in [0.25, 0.3) is 0 Å². The first kappa shape index (κ1) is 14.6. The molecule has 0 unspecified atom stereocenters. The highest BCUT2D eigenvalue weighted by Gasteiger charge is 2.29. The number of pyridine rings is 1. The second-order valence-corrected chi connectivity index (χ2v) is 7.60. The maximum absolute atomic E-state index is 14.0. The van der Waals surface area contributed by atoms with Crippen molar-refractivity contribution in [2.24, 2.45) is 0 Å². The van der Waals surface area contributed by atoms with Crippen LogP contribution in [0.5, 0.6) is 5.88 Å². The Morgan fingerprint density at radius 2 is 1.36 bits per heavy atom. The van der Waals surface area contributed by atoms with Crippen LogP contribution in [-0.4, -0.2) is 12.1 Å². The lowest BCUT2D eigenvalue weighted by atomic mass is 10.4. The van der Waals surface area contributed by atoms with Gasteiger partial charge in [-0.05, 0) is 6.07 Å². The van der Waals surface area contributed by atoms with Crippen molar-refractivity contribution in [3.63, 3.8) is 0 Å². The molecule has 0 N–H and O–H groups in total. The van der Waals surface area contributed by atoms with Gasteiger partial charge >= 0.3 is 0 Å². The molecule has 22 heavy (non-hydrogen) atoms. The van der Waals surface area contributed by atoms with Crippen LogP contribution in [0.1, 0.15) is 0 Å². The predicted octanol–water partition coefficient (Wildman–Crippen LogP) is 2.73. The van der Waals surface area contributed by atoms with Gasteiger partial charge in [0.2, 0.25) is 5.88 Å². The normalized spacial score (nSPS) is 11.1. The van der Waals surface area contributed by atoms with Crippen molar-refractivity contribution in [3.8, 4) is 5.88 Å². The second kappa shape index (κ2) is 6.17. The van der Waals surface area contributed by atoms with E-state index >= 15 is 0 Å². The van der Waals surface area contributed by atoms with Crippen molar-refractivity contribution in [2.45, 2.75) is 0 Å². The summed E-state index contributed by atoms with van der Waals surface area (Å²) in [5.41, 5.74) is 0. The highest BCUT2D eigenvalue weighted by molar-refractivity contribution is 7.85. The number of hydrogen-bond donors (Lipinski definition) is 0. The van der Waals surface area contributed by atoms with E-state index in [1.54, 1.807) is 25.4 Å². The Hall–Kier alpha value is -2.38. The zero-order chi connectivity index (χ0) is 15.4. The molecule has 1 aromatic heterocycles. The lowest BCUT2D eigenvalue weighted by Gasteiger charge is -2.20. The first-order chi connectivity index (χ1) is 10.7. The molecule has 4 heteroatoms. The highest BCUT2D eigenvalue weighted by atomic mass is 31.2. The summed E-state index contributed by atoms with van der Waals surface area (Å²) in [6.07, 6.45) is 1.63. The highest BCUT2D eigenvalue weighted by Crippen LogP contribution is 2.42. The standard InChI is InChI=1S/C18H16NO2P/c1-21-18-14-17(12-13-19-18)22(20,15-8-4-2-5-9-15)16-10-6-3-7-11-16/h2-14H,1H3. The molecule has 0 aliphatic rings. The Balaban J connectivity index is 2.26. The number of hydrogen-bond acceptors (Lipinski definition) is 3. The summed E-state index contributed by atoms with van der Waals surface area (Å²) in [6, 6.07) is 22.6. The number of benzene rings is 2. The van der Waals surface area contributed by atoms with Gasteiger partial charge < -0.3 is 9.30 Å². The molecule has 0 amide bonds. The summed E-state index contributed by atoms with van der Waals surface area (Å²) in [7, 11) is -1.38. The van der Waals surface area contributed by atoms with Gasteiger partial charge in [0.05, 0.1) is 7.11 Å². The SMILES string of the molecule is COc1cc(P(=O)(c2ccccc2)c2ccccc2)ccn1. The zero-order valence-corrected chi connectivity index (χ0v) is 13.1. The summed E-state index contributed by atoms with van der Waals surface area (Å²) >= 11 is 0. The predicted molar refractivity (Wildman–Crippen MR) is 90.2 cm³/mol. The van der Waals surface area contributed by atoms with Gasteiger partial charge in [-0.25, -0.2) is 4.98 Å². The van der Waals surface area contributed by atoms with Crippen LogP contribution < -0.4 is 20.7 Å². The summed E-state index contributed by atoms with van der Waals surface area (Å²) in [5.74, 6) is 0.463. The number of nitrogens with zero attached hydrogens (tertiary/aromatic N) is 1. The summed E-state index contributed by atoms with van der Waals surface area (Å²) < 4.78 is 19.2. The monoisotopic (exact) mass is 309 g/mol. The molecule has 3 rings (SSSR count). The molecule has 0 fully saturated rings. The lowest BCUT2D eigenvalue weighted by molar-refractivity contribution is 0.398. The third-order valence-corrected chi connectivity index (χ3v) is 6.59. The average Bonchev–Trinajstić information content (AvgIpc) is 2.62. The number of aromatic nitrogens is 1. The minimum atomic E-state index is -2.94. The molecular weight excluding hydrogens is 293 g/mol. The second-order valence-electron chi connectivity index (χ2n) is 4.84. The quantitative estimate of drug-likeness (QED) is 0.696. The maximum atomic E-state index is 14.0. The minimum Gasteiger partial charge on any atom is -0.481 e. The molecule has 0 radical (unpaired) electrons. The number of ether oxygens (including phenoxy) is 1. The molecule has 0 aliphatic carbocycles. The van der Waals surface area contributed by atoms with Crippen molar-refractivity contribution >= 4 is 23.1 Å². The van der Waals surface area contributed by atoms with E-state index < -0.39 is 7.14 Å². The van der Waals surface area contributed by atoms with E-state index in [1.165, 1.54) is 0 Å². The Kier molecular flexibility index (Phi) is 4.08. The Labute approximate surface area is 130 Å². The van der Waals surface area contributed by atoms with E-state index in [1.807, 2.05) is 60.7 Å². The van der Waals surface area contributed by atoms with Crippen LogP contribution in [0.3, 0.4) is 0 Å². The van der Waals surface area contributed by atoms with Gasteiger partial charge in [0, 0.05) is 28.2 Å². The van der Waals surface area contributed by atoms with Gasteiger partial charge in [0.1, 0.15) is 0 Å². The van der Waals surface area contributed by atoms with Crippen molar-refractivity contribution in [3.05, 3.63) is 79.0 Å². The number of methoxy groups -OCH3 is 1. The Bertz CT molecular complexity index is 760. The first-order valence-corrected chi connectivity index (χ1v) is 8.68. The molecule has 0 atom stereocenters. The fraction of sp³-hybridized carbons (Fsp3) is 0.0556. The van der Waals surface area contributed by atoms with Gasteiger partial charge in [0.15, 0.2) is 7.14 Å². The van der Waals surface area contributed by atoms with Crippen molar-refractivity contribution < 1.29 is 9.30 Å². The molecule has 2 aromatic carbocycles. The Morgan fingerprint density at radius 3 is 1.86 bits per heavy atom. The van der Waals surface area contributed by atoms with E-state index in [0.717, 1.165) is 15.9 Å². The molecule has 0 spiro atoms. The van der Waals surface area contributed by atoms with Crippen LogP contribution in [-0.2, 0) is 4.57 Å². The van der Waals surface area contributed by atoms with Crippen LogP contribution in [0, 0.1) is 0 Å². The van der Waals surface area contributed by atoms with E-state index in [-0.39, 0.29) is 0 Å². The summed E-state index contributed by atoms with van der Waals surface area (Å²) in [6.45, 7) is 0. The van der Waals surface area contributed by atoms with Crippen LogP contribution in [0.2, 0.25) is 0 Å². The molecule has 110 valence electrons. The molecule has 0 saturated carbocycles. The topological polar surface area (TPSA) is 39.2 Å². The van der Waals surface area contributed by atoms with Gasteiger partial charge in [-0.3, -0.25) is 0 Å². The third-order valence-electron chi connectivity index (χ3n) is 3.53. The van der Waals surface area contributed by atoms with Gasteiger partial charge in [-0.1, -0.05) is 60.7 Å². The van der Waals surface area contributed by atoms with Crippen LogP contribution in [0.4, 0.5) is 0 Å². The largest absolute Gasteiger partial charge is 0.481 e. The van der Waals surface area contributed by atoms with Crippen LogP contribution in [0.15, 0.2) is 79.0 Å². The minimum absolute atomic E-state index is 0.463.